The number of thiophene rings is 1. The van der Waals surface area contributed by atoms with Crippen molar-refractivity contribution in [1.29, 1.82) is 0 Å². The van der Waals surface area contributed by atoms with Crippen LogP contribution in [-0.2, 0) is 17.8 Å². The summed E-state index contributed by atoms with van der Waals surface area (Å²) in [5, 5.41) is 3.68. The van der Waals surface area contributed by atoms with E-state index in [0.29, 0.717) is 43.7 Å². The summed E-state index contributed by atoms with van der Waals surface area (Å²) in [5.41, 5.74) is 0.951. The van der Waals surface area contributed by atoms with Gasteiger partial charge in [-0.2, -0.15) is 0 Å². The van der Waals surface area contributed by atoms with E-state index >= 15 is 0 Å². The zero-order chi connectivity index (χ0) is 23.7. The molecule has 0 fully saturated rings. The second-order valence-corrected chi connectivity index (χ2v) is 9.52. The number of carbonyl (C=O) groups excluding carboxylic acids is 2. The van der Waals surface area contributed by atoms with Crippen LogP contribution >= 0.6 is 22.9 Å². The van der Waals surface area contributed by atoms with E-state index in [1.165, 1.54) is 23.3 Å². The Morgan fingerprint density at radius 3 is 2.85 bits per heavy atom. The van der Waals surface area contributed by atoms with Gasteiger partial charge in [0.15, 0.2) is 0 Å². The molecule has 1 N–H and O–H groups in total. The van der Waals surface area contributed by atoms with Gasteiger partial charge in [0.1, 0.15) is 16.4 Å². The Morgan fingerprint density at radius 2 is 2.09 bits per heavy atom. The maximum atomic E-state index is 13.2. The van der Waals surface area contributed by atoms with Crippen LogP contribution in [0.3, 0.4) is 0 Å². The Hall–Kier alpha value is -2.91. The number of nitrogens with one attached hydrogen (secondary N) is 1. The second-order valence-electron chi connectivity index (χ2n) is 8.09. The van der Waals surface area contributed by atoms with Crippen molar-refractivity contribution < 1.29 is 14.3 Å². The number of anilines is 1. The number of hydrogen-bond acceptors (Lipinski definition) is 6. The van der Waals surface area contributed by atoms with Gasteiger partial charge in [-0.05, 0) is 43.5 Å². The first-order valence-corrected chi connectivity index (χ1v) is 11.9. The maximum Gasteiger partial charge on any atom is 0.264 e. The van der Waals surface area contributed by atoms with Gasteiger partial charge >= 0.3 is 0 Å². The number of benzene rings is 1. The summed E-state index contributed by atoms with van der Waals surface area (Å²) in [7, 11) is 3.05. The Morgan fingerprint density at radius 1 is 1.30 bits per heavy atom. The minimum atomic E-state index is -0.393. The number of hydrogen-bond donors (Lipinski definition) is 1. The van der Waals surface area contributed by atoms with Crippen LogP contribution in [0.1, 0.15) is 40.3 Å². The van der Waals surface area contributed by atoms with E-state index in [4.69, 9.17) is 21.3 Å². The minimum Gasteiger partial charge on any atom is -0.495 e. The number of halogens is 1. The average molecular weight is 489 g/mol. The average Bonchev–Trinajstić information content (AvgIpc) is 2.94. The number of ether oxygens (including phenoxy) is 1. The molecule has 10 heteroatoms. The second kappa shape index (κ2) is 9.52. The third kappa shape index (κ3) is 4.60. The monoisotopic (exact) mass is 488 g/mol. The molecule has 1 aromatic carbocycles. The molecule has 1 aliphatic rings. The first kappa shape index (κ1) is 23.3. The van der Waals surface area contributed by atoms with Crippen LogP contribution in [0.5, 0.6) is 5.75 Å². The first-order chi connectivity index (χ1) is 15.8. The normalized spacial score (nSPS) is 13.3. The molecular weight excluding hydrogens is 464 g/mol. The summed E-state index contributed by atoms with van der Waals surface area (Å²) in [4.78, 5) is 45.9. The van der Waals surface area contributed by atoms with Crippen molar-refractivity contribution in [2.45, 2.75) is 39.2 Å². The number of carbonyl (C=O) groups is 2. The summed E-state index contributed by atoms with van der Waals surface area (Å²) in [6, 6.07) is 4.89. The predicted molar refractivity (Wildman–Crippen MR) is 130 cm³/mol. The number of nitrogens with zero attached hydrogens (tertiary/aromatic N) is 3. The van der Waals surface area contributed by atoms with Gasteiger partial charge in [-0.1, -0.05) is 18.0 Å². The van der Waals surface area contributed by atoms with Gasteiger partial charge in [-0.15, -0.1) is 11.3 Å². The number of rotatable bonds is 5. The lowest BCUT2D eigenvalue weighted by atomic mass is 10.2. The number of fused-ring (bicyclic) bond motifs is 2. The number of aromatic nitrogens is 2. The van der Waals surface area contributed by atoms with Crippen LogP contribution < -0.4 is 15.6 Å². The molecule has 8 nitrogen and oxygen atoms in total. The molecule has 4 rings (SSSR count). The van der Waals surface area contributed by atoms with Crippen molar-refractivity contribution in [3.63, 3.8) is 0 Å². The molecule has 2 aromatic heterocycles. The minimum absolute atomic E-state index is 0.0850. The van der Waals surface area contributed by atoms with E-state index in [9.17, 15) is 14.4 Å². The highest BCUT2D eigenvalue weighted by Gasteiger charge is 2.25. The van der Waals surface area contributed by atoms with Gasteiger partial charge in [0.05, 0.1) is 29.6 Å². The van der Waals surface area contributed by atoms with Crippen molar-refractivity contribution >= 4 is 50.7 Å². The fraction of sp³-hybridized carbons (Fsp3) is 0.391. The van der Waals surface area contributed by atoms with Gasteiger partial charge < -0.3 is 15.0 Å². The van der Waals surface area contributed by atoms with Crippen LogP contribution in [0.15, 0.2) is 23.0 Å². The summed E-state index contributed by atoms with van der Waals surface area (Å²) in [5.74, 6) is 0.528. The summed E-state index contributed by atoms with van der Waals surface area (Å²) >= 11 is 7.22. The summed E-state index contributed by atoms with van der Waals surface area (Å²) in [6.45, 7) is 2.25. The third-order valence-electron chi connectivity index (χ3n) is 5.77. The number of aryl methyl sites for hydroxylation is 2. The van der Waals surface area contributed by atoms with E-state index in [-0.39, 0.29) is 18.0 Å². The molecule has 0 atom stereocenters. The highest BCUT2D eigenvalue weighted by molar-refractivity contribution is 7.20. The molecule has 1 aliphatic heterocycles. The third-order valence-corrected chi connectivity index (χ3v) is 7.18. The standard InChI is InChI=1S/C23H25ClN4O4S/c1-13-19-21(26-17-7-5-4-6-10-28(17)22(19)30)33-20(13)23(31)27(2)12-18(29)25-15-11-14(24)8-9-16(15)32-3/h8-9,11H,4-7,10,12H2,1-3H3,(H,25,29). The highest BCUT2D eigenvalue weighted by Crippen LogP contribution is 2.30. The molecule has 3 aromatic rings. The van der Waals surface area contributed by atoms with Crippen LogP contribution in [0.2, 0.25) is 5.02 Å². The van der Waals surface area contributed by atoms with E-state index in [1.807, 2.05) is 0 Å². The molecule has 0 radical (unpaired) electrons. The molecule has 3 heterocycles. The zero-order valence-corrected chi connectivity index (χ0v) is 20.3. The lowest BCUT2D eigenvalue weighted by Crippen LogP contribution is -2.35. The molecule has 174 valence electrons. The quantitative estimate of drug-likeness (QED) is 0.588. The molecule has 0 aliphatic carbocycles. The van der Waals surface area contributed by atoms with Crippen LogP contribution in [0, 0.1) is 6.92 Å². The van der Waals surface area contributed by atoms with E-state index in [1.54, 1.807) is 36.7 Å². The van der Waals surface area contributed by atoms with Gasteiger partial charge in [-0.3, -0.25) is 19.0 Å². The molecule has 0 saturated heterocycles. The van der Waals surface area contributed by atoms with Crippen LogP contribution in [0.25, 0.3) is 10.2 Å². The van der Waals surface area contributed by atoms with Gasteiger partial charge in [0.2, 0.25) is 5.91 Å². The van der Waals surface area contributed by atoms with E-state index in [0.717, 1.165) is 31.5 Å². The van der Waals surface area contributed by atoms with Crippen molar-refractivity contribution in [3.05, 3.63) is 49.8 Å². The Balaban J connectivity index is 1.56. The lowest BCUT2D eigenvalue weighted by Gasteiger charge is -2.17. The summed E-state index contributed by atoms with van der Waals surface area (Å²) in [6.07, 6.45) is 3.79. The topological polar surface area (TPSA) is 93.5 Å². The SMILES string of the molecule is COc1ccc(Cl)cc1NC(=O)CN(C)C(=O)c1sc2nc3n(c(=O)c2c1C)CCCCC3. The Bertz CT molecular complexity index is 1300. The molecule has 33 heavy (non-hydrogen) atoms. The molecule has 0 bridgehead atoms. The Labute approximate surface area is 200 Å². The van der Waals surface area contributed by atoms with Crippen molar-refractivity contribution in [1.82, 2.24) is 14.5 Å². The maximum absolute atomic E-state index is 13.2. The molecule has 0 saturated carbocycles. The molecule has 2 amide bonds. The van der Waals surface area contributed by atoms with Crippen LogP contribution in [0.4, 0.5) is 5.69 Å². The Kier molecular flexibility index (Phi) is 6.71. The molecular formula is C23H25ClN4O4S. The van der Waals surface area contributed by atoms with E-state index in [2.05, 4.69) is 5.32 Å². The highest BCUT2D eigenvalue weighted by atomic mass is 35.5. The predicted octanol–water partition coefficient (Wildman–Crippen LogP) is 3.87. The lowest BCUT2D eigenvalue weighted by molar-refractivity contribution is -0.116. The van der Waals surface area contributed by atoms with Crippen molar-refractivity contribution in [2.75, 3.05) is 26.0 Å². The smallest absolute Gasteiger partial charge is 0.264 e. The fourth-order valence-corrected chi connectivity index (χ4v) is 5.40. The van der Waals surface area contributed by atoms with Crippen molar-refractivity contribution in [2.24, 2.45) is 0 Å². The fourth-order valence-electron chi connectivity index (χ4n) is 4.04. The summed E-state index contributed by atoms with van der Waals surface area (Å²) < 4.78 is 6.99. The van der Waals surface area contributed by atoms with Crippen LogP contribution in [-0.4, -0.2) is 47.0 Å². The number of amides is 2. The molecule has 0 unspecified atom stereocenters. The van der Waals surface area contributed by atoms with Gasteiger partial charge in [0.25, 0.3) is 11.5 Å². The number of likely N-dealkylation sites (N-methyl/N-ethyl adjacent to an activating group) is 1. The van der Waals surface area contributed by atoms with Gasteiger partial charge in [-0.25, -0.2) is 4.98 Å². The molecule has 0 spiro atoms. The van der Waals surface area contributed by atoms with Gasteiger partial charge in [0, 0.05) is 25.0 Å². The zero-order valence-electron chi connectivity index (χ0n) is 18.7. The largest absolute Gasteiger partial charge is 0.495 e. The van der Waals surface area contributed by atoms with Crippen molar-refractivity contribution in [3.8, 4) is 5.75 Å². The van der Waals surface area contributed by atoms with E-state index < -0.39 is 5.91 Å². The first-order valence-electron chi connectivity index (χ1n) is 10.7. The number of methoxy groups -OCH3 is 1.